The molecule has 5 aromatic carbocycles. The Balaban J connectivity index is 1.71. The van der Waals surface area contributed by atoms with Gasteiger partial charge in [0, 0.05) is 19.1 Å². The lowest BCUT2D eigenvalue weighted by atomic mass is 9.65. The van der Waals surface area contributed by atoms with Crippen LogP contribution in [-0.4, -0.2) is 37.3 Å². The third-order valence-electron chi connectivity index (χ3n) is 8.35. The lowest BCUT2D eigenvalue weighted by Crippen LogP contribution is -2.30. The summed E-state index contributed by atoms with van der Waals surface area (Å²) in [6.45, 7) is 0.314. The molecule has 0 saturated heterocycles. The number of Topliss-reactive ketones (excluding diaryl/α,β-unsaturated/α-hetero) is 1. The average molecular weight is 573 g/mol. The summed E-state index contributed by atoms with van der Waals surface area (Å²) in [6, 6.07) is 31.8. The van der Waals surface area contributed by atoms with E-state index < -0.39 is 5.41 Å². The molecule has 0 aromatic heterocycles. The van der Waals surface area contributed by atoms with Gasteiger partial charge in [-0.15, -0.1) is 0 Å². The SMILES string of the molecule is COCc1ccc2c(c1CC(=O)c1ccc(O)cc1)C(c1ccc(OC)cc1)(c1ccc(OC)cc1)c1cc(O)ccc1-2. The normalized spacial score (nSPS) is 12.8. The van der Waals surface area contributed by atoms with Gasteiger partial charge in [-0.2, -0.15) is 0 Å². The van der Waals surface area contributed by atoms with Crippen LogP contribution in [0.1, 0.15) is 43.7 Å². The molecule has 43 heavy (non-hydrogen) atoms. The molecule has 6 heteroatoms. The Morgan fingerprint density at radius 2 is 1.23 bits per heavy atom. The van der Waals surface area contributed by atoms with Gasteiger partial charge in [0.05, 0.1) is 26.2 Å². The predicted octanol–water partition coefficient (Wildman–Crippen LogP) is 7.05. The maximum absolute atomic E-state index is 13.9. The minimum atomic E-state index is -0.893. The summed E-state index contributed by atoms with van der Waals surface area (Å²) in [4.78, 5) is 13.9. The third kappa shape index (κ3) is 4.70. The zero-order valence-corrected chi connectivity index (χ0v) is 24.3. The number of phenolic OH excluding ortho intramolecular Hbond substituents is 2. The van der Waals surface area contributed by atoms with Crippen LogP contribution in [0.3, 0.4) is 0 Å². The van der Waals surface area contributed by atoms with E-state index in [1.165, 1.54) is 12.1 Å². The van der Waals surface area contributed by atoms with E-state index in [2.05, 4.69) is 6.07 Å². The summed E-state index contributed by atoms with van der Waals surface area (Å²) >= 11 is 0. The Morgan fingerprint density at radius 3 is 1.79 bits per heavy atom. The highest BCUT2D eigenvalue weighted by Crippen LogP contribution is 2.58. The van der Waals surface area contributed by atoms with Crippen molar-refractivity contribution in [2.24, 2.45) is 0 Å². The number of carbonyl (C=O) groups excluding carboxylic acids is 1. The van der Waals surface area contributed by atoms with Crippen LogP contribution in [0.15, 0.2) is 103 Å². The van der Waals surface area contributed by atoms with Gasteiger partial charge in [0.15, 0.2) is 5.78 Å². The highest BCUT2D eigenvalue weighted by molar-refractivity contribution is 5.99. The fourth-order valence-corrected chi connectivity index (χ4v) is 6.41. The molecule has 0 atom stereocenters. The fourth-order valence-electron chi connectivity index (χ4n) is 6.41. The maximum atomic E-state index is 13.9. The zero-order chi connectivity index (χ0) is 30.1. The van der Waals surface area contributed by atoms with Crippen molar-refractivity contribution in [3.05, 3.63) is 142 Å². The number of ketones is 1. The summed E-state index contributed by atoms with van der Waals surface area (Å²) < 4.78 is 16.7. The Kier molecular flexibility index (Phi) is 7.38. The first kappa shape index (κ1) is 28.1. The van der Waals surface area contributed by atoms with Gasteiger partial charge < -0.3 is 24.4 Å². The van der Waals surface area contributed by atoms with Crippen molar-refractivity contribution in [2.45, 2.75) is 18.4 Å². The zero-order valence-electron chi connectivity index (χ0n) is 24.3. The maximum Gasteiger partial charge on any atom is 0.167 e. The molecular formula is C37H32O6. The van der Waals surface area contributed by atoms with Crippen molar-refractivity contribution < 1.29 is 29.2 Å². The van der Waals surface area contributed by atoms with Gasteiger partial charge >= 0.3 is 0 Å². The van der Waals surface area contributed by atoms with E-state index in [-0.39, 0.29) is 23.7 Å². The van der Waals surface area contributed by atoms with Crippen molar-refractivity contribution in [3.63, 3.8) is 0 Å². The molecule has 6 nitrogen and oxygen atoms in total. The number of hydrogen-bond donors (Lipinski definition) is 2. The average Bonchev–Trinajstić information content (AvgIpc) is 3.33. The molecule has 5 aromatic rings. The third-order valence-corrected chi connectivity index (χ3v) is 8.35. The van der Waals surface area contributed by atoms with Gasteiger partial charge in [0.2, 0.25) is 0 Å². The molecule has 0 saturated carbocycles. The van der Waals surface area contributed by atoms with Gasteiger partial charge in [-0.3, -0.25) is 4.79 Å². The molecule has 0 amide bonds. The van der Waals surface area contributed by atoms with Crippen molar-refractivity contribution in [3.8, 4) is 34.1 Å². The summed E-state index contributed by atoms with van der Waals surface area (Å²) in [6.07, 6.45) is 0.112. The Hall–Kier alpha value is -5.07. The van der Waals surface area contributed by atoms with E-state index in [9.17, 15) is 15.0 Å². The minimum Gasteiger partial charge on any atom is -0.508 e. The van der Waals surface area contributed by atoms with Crippen molar-refractivity contribution in [2.75, 3.05) is 21.3 Å². The van der Waals surface area contributed by atoms with Gasteiger partial charge in [0.1, 0.15) is 23.0 Å². The number of carbonyl (C=O) groups is 1. The van der Waals surface area contributed by atoms with Gasteiger partial charge in [-0.1, -0.05) is 42.5 Å². The van der Waals surface area contributed by atoms with Crippen molar-refractivity contribution in [1.82, 2.24) is 0 Å². The second-order valence-corrected chi connectivity index (χ2v) is 10.6. The second kappa shape index (κ2) is 11.3. The van der Waals surface area contributed by atoms with Crippen LogP contribution < -0.4 is 9.47 Å². The lowest BCUT2D eigenvalue weighted by molar-refractivity contribution is 0.0991. The molecular weight excluding hydrogens is 540 g/mol. The summed E-state index contributed by atoms with van der Waals surface area (Å²) in [5, 5.41) is 20.7. The molecule has 0 bridgehead atoms. The van der Waals surface area contributed by atoms with E-state index >= 15 is 0 Å². The van der Waals surface area contributed by atoms with Gasteiger partial charge in [0.25, 0.3) is 0 Å². The molecule has 216 valence electrons. The molecule has 2 N–H and O–H groups in total. The first-order valence-corrected chi connectivity index (χ1v) is 14.0. The van der Waals surface area contributed by atoms with E-state index in [1.54, 1.807) is 39.5 Å². The fraction of sp³-hybridized carbons (Fsp3) is 0.162. The number of fused-ring (bicyclic) bond motifs is 3. The molecule has 6 rings (SSSR count). The topological polar surface area (TPSA) is 85.2 Å². The minimum absolute atomic E-state index is 0.0806. The van der Waals surface area contributed by atoms with Crippen LogP contribution in [0.2, 0.25) is 0 Å². The molecule has 1 aliphatic rings. The predicted molar refractivity (Wildman–Crippen MR) is 165 cm³/mol. The monoisotopic (exact) mass is 572 g/mol. The number of ether oxygens (including phenoxy) is 3. The van der Waals surface area contributed by atoms with Crippen LogP contribution >= 0.6 is 0 Å². The van der Waals surface area contributed by atoms with Gasteiger partial charge in [-0.25, -0.2) is 0 Å². The van der Waals surface area contributed by atoms with E-state index in [0.29, 0.717) is 12.2 Å². The highest BCUT2D eigenvalue weighted by atomic mass is 16.5. The molecule has 0 spiro atoms. The Labute approximate surface area is 250 Å². The van der Waals surface area contributed by atoms with Crippen LogP contribution in [0.5, 0.6) is 23.0 Å². The quantitative estimate of drug-likeness (QED) is 0.181. The van der Waals surface area contributed by atoms with E-state index in [4.69, 9.17) is 14.2 Å². The Bertz CT molecular complexity index is 1740. The number of aromatic hydroxyl groups is 2. The molecule has 0 radical (unpaired) electrons. The highest BCUT2D eigenvalue weighted by Gasteiger charge is 2.48. The van der Waals surface area contributed by atoms with Gasteiger partial charge in [-0.05, 0) is 105 Å². The molecule has 0 heterocycles. The van der Waals surface area contributed by atoms with Crippen LogP contribution in [0, 0.1) is 0 Å². The van der Waals surface area contributed by atoms with Crippen LogP contribution in [0.25, 0.3) is 11.1 Å². The number of benzene rings is 5. The molecule has 0 aliphatic heterocycles. The Morgan fingerprint density at radius 1 is 0.674 bits per heavy atom. The number of phenols is 2. The standard InChI is InChI=1S/C37H32O6/c1-41-22-24-6-18-32-31-19-13-28(39)20-34(31)37(25-7-14-29(42-2)15-8-25,26-9-16-30(43-3)17-10-26)36(32)33(24)21-35(40)23-4-11-27(38)12-5-23/h4-20,38-39H,21-22H2,1-3H3. The lowest BCUT2D eigenvalue weighted by Gasteiger charge is -2.36. The van der Waals surface area contributed by atoms with E-state index in [0.717, 1.165) is 56.0 Å². The number of methoxy groups -OCH3 is 3. The first-order valence-electron chi connectivity index (χ1n) is 14.0. The number of hydrogen-bond acceptors (Lipinski definition) is 6. The molecule has 0 unspecified atom stereocenters. The summed E-state index contributed by atoms with van der Waals surface area (Å²) in [5.74, 6) is 1.61. The van der Waals surface area contributed by atoms with Crippen molar-refractivity contribution >= 4 is 5.78 Å². The summed E-state index contributed by atoms with van der Waals surface area (Å²) in [7, 11) is 4.92. The molecule has 0 fully saturated rings. The summed E-state index contributed by atoms with van der Waals surface area (Å²) in [5.41, 5.74) is 7.11. The smallest absolute Gasteiger partial charge is 0.167 e. The van der Waals surface area contributed by atoms with Crippen LogP contribution in [0.4, 0.5) is 0 Å². The van der Waals surface area contributed by atoms with Crippen molar-refractivity contribution in [1.29, 1.82) is 0 Å². The largest absolute Gasteiger partial charge is 0.508 e. The van der Waals surface area contributed by atoms with Crippen LogP contribution in [-0.2, 0) is 23.2 Å². The van der Waals surface area contributed by atoms with E-state index in [1.807, 2.05) is 66.7 Å². The first-order chi connectivity index (χ1) is 20.9. The number of rotatable bonds is 9. The second-order valence-electron chi connectivity index (χ2n) is 10.6. The molecule has 1 aliphatic carbocycles.